The summed E-state index contributed by atoms with van der Waals surface area (Å²) in [5, 5.41) is 16.2. The number of hydrogen-bond donors (Lipinski definition) is 0. The van der Waals surface area contributed by atoms with Crippen LogP contribution >= 0.6 is 0 Å². The Hall–Kier alpha value is -3.75. The molecule has 31 heavy (non-hydrogen) atoms. The van der Waals surface area contributed by atoms with E-state index in [0.29, 0.717) is 22.8 Å². The Balaban J connectivity index is 1.40. The predicted octanol–water partition coefficient (Wildman–Crippen LogP) is 3.39. The van der Waals surface area contributed by atoms with Crippen molar-refractivity contribution < 1.29 is 23.7 Å². The molecule has 9 heteroatoms. The molecule has 4 atom stereocenters. The fourth-order valence-corrected chi connectivity index (χ4v) is 4.86. The summed E-state index contributed by atoms with van der Waals surface area (Å²) < 4.78 is 11.0. The van der Waals surface area contributed by atoms with Crippen LogP contribution in [0.4, 0.5) is 5.69 Å². The van der Waals surface area contributed by atoms with E-state index in [4.69, 9.17) is 9.15 Å². The molecule has 2 amide bonds. The maximum absolute atomic E-state index is 12.8. The van der Waals surface area contributed by atoms with Crippen LogP contribution in [0.15, 0.2) is 52.0 Å². The standard InChI is InChI=1S/C22H19N3O6/c1-30-17-8-6-14(25(28)29)10-16(17)18-9-7-15(31-18)11-23-24-21(26)19-12-2-3-13(5-4-12)20(19)22(24)27/h2-3,6-13,19-20H,4-5H2,1H3/b23-11-/t12-,13-,19-,20-/m0/s1. The number of furan rings is 1. The lowest BCUT2D eigenvalue weighted by atomic mass is 9.63. The molecule has 0 spiro atoms. The van der Waals surface area contributed by atoms with E-state index in [1.807, 2.05) is 0 Å². The number of carbonyl (C=O) groups is 2. The van der Waals surface area contributed by atoms with Gasteiger partial charge in [0.1, 0.15) is 17.3 Å². The lowest BCUT2D eigenvalue weighted by Crippen LogP contribution is -2.38. The summed E-state index contributed by atoms with van der Waals surface area (Å²) >= 11 is 0. The smallest absolute Gasteiger partial charge is 0.270 e. The van der Waals surface area contributed by atoms with Gasteiger partial charge in [-0.1, -0.05) is 12.2 Å². The predicted molar refractivity (Wildman–Crippen MR) is 109 cm³/mol. The van der Waals surface area contributed by atoms with Gasteiger partial charge in [0.25, 0.3) is 17.5 Å². The largest absolute Gasteiger partial charge is 0.496 e. The van der Waals surface area contributed by atoms with E-state index in [0.717, 1.165) is 17.9 Å². The second-order valence-electron chi connectivity index (χ2n) is 7.92. The quantitative estimate of drug-likeness (QED) is 0.240. The summed E-state index contributed by atoms with van der Waals surface area (Å²) in [7, 11) is 1.46. The van der Waals surface area contributed by atoms with Crippen LogP contribution in [0.5, 0.6) is 5.75 Å². The van der Waals surface area contributed by atoms with Crippen LogP contribution in [0.1, 0.15) is 18.6 Å². The second kappa shape index (κ2) is 7.19. The lowest BCUT2D eigenvalue weighted by Gasteiger charge is -2.37. The first-order valence-electron chi connectivity index (χ1n) is 10.0. The van der Waals surface area contributed by atoms with E-state index in [1.54, 1.807) is 12.1 Å². The Morgan fingerprint density at radius 2 is 1.81 bits per heavy atom. The molecule has 0 radical (unpaired) electrons. The molecule has 3 aliphatic carbocycles. The minimum atomic E-state index is -0.500. The molecule has 2 heterocycles. The number of amides is 2. The highest BCUT2D eigenvalue weighted by Crippen LogP contribution is 2.49. The van der Waals surface area contributed by atoms with Crippen molar-refractivity contribution in [3.63, 3.8) is 0 Å². The first-order valence-corrected chi connectivity index (χ1v) is 10.0. The van der Waals surface area contributed by atoms with Crippen molar-refractivity contribution in [2.75, 3.05) is 7.11 Å². The van der Waals surface area contributed by atoms with Crippen LogP contribution in [0.2, 0.25) is 0 Å². The van der Waals surface area contributed by atoms with E-state index >= 15 is 0 Å². The van der Waals surface area contributed by atoms with E-state index in [-0.39, 0.29) is 41.2 Å². The van der Waals surface area contributed by atoms with Gasteiger partial charge >= 0.3 is 0 Å². The van der Waals surface area contributed by atoms with E-state index in [9.17, 15) is 19.7 Å². The van der Waals surface area contributed by atoms with E-state index in [1.165, 1.54) is 31.5 Å². The molecule has 2 aromatic rings. The highest BCUT2D eigenvalue weighted by atomic mass is 16.6. The average molecular weight is 421 g/mol. The average Bonchev–Trinajstić information content (AvgIpc) is 3.36. The van der Waals surface area contributed by atoms with Gasteiger partial charge in [0.05, 0.1) is 35.6 Å². The number of non-ortho nitro benzene ring substituents is 1. The van der Waals surface area contributed by atoms with Crippen molar-refractivity contribution in [3.8, 4) is 17.1 Å². The number of hydrazone groups is 1. The fourth-order valence-electron chi connectivity index (χ4n) is 4.86. The van der Waals surface area contributed by atoms with Crippen molar-refractivity contribution in [1.29, 1.82) is 0 Å². The monoisotopic (exact) mass is 421 g/mol. The molecule has 0 N–H and O–H groups in total. The van der Waals surface area contributed by atoms with E-state index in [2.05, 4.69) is 17.3 Å². The van der Waals surface area contributed by atoms with Gasteiger partial charge in [0.2, 0.25) is 0 Å². The van der Waals surface area contributed by atoms with Crippen LogP contribution in [0.25, 0.3) is 11.3 Å². The first-order chi connectivity index (χ1) is 15.0. The van der Waals surface area contributed by atoms with Gasteiger partial charge in [-0.2, -0.15) is 10.1 Å². The number of hydrogen-bond acceptors (Lipinski definition) is 7. The Labute approximate surface area is 177 Å². The SMILES string of the molecule is COc1ccc([N+](=O)[O-])cc1-c1ccc(/C=N\N2C(=O)[C@@H]3[C@@H](C2=O)[C@H]2C=C[C@H]3CC2)o1. The van der Waals surface area contributed by atoms with Crippen molar-refractivity contribution >= 4 is 23.7 Å². The third kappa shape index (κ3) is 3.04. The van der Waals surface area contributed by atoms with Crippen LogP contribution in [0, 0.1) is 33.8 Å². The number of fused-ring (bicyclic) bond motifs is 1. The van der Waals surface area contributed by atoms with Crippen molar-refractivity contribution in [2.24, 2.45) is 28.8 Å². The highest BCUT2D eigenvalue weighted by Gasteiger charge is 2.56. The molecule has 6 rings (SSSR count). The maximum atomic E-state index is 12.8. The molecule has 1 aromatic carbocycles. The molecule has 1 saturated heterocycles. The molecular formula is C22H19N3O6. The number of allylic oxidation sites excluding steroid dienone is 2. The summed E-state index contributed by atoms with van der Waals surface area (Å²) in [6.45, 7) is 0. The molecule has 0 unspecified atom stereocenters. The van der Waals surface area contributed by atoms with Crippen LogP contribution in [-0.2, 0) is 9.59 Å². The fraction of sp³-hybridized carbons (Fsp3) is 0.318. The van der Waals surface area contributed by atoms with Crippen molar-refractivity contribution in [1.82, 2.24) is 5.01 Å². The summed E-state index contributed by atoms with van der Waals surface area (Å²) in [6, 6.07) is 7.44. The highest BCUT2D eigenvalue weighted by molar-refractivity contribution is 6.06. The first kappa shape index (κ1) is 19.2. The summed E-state index contributed by atoms with van der Waals surface area (Å²) in [5.74, 6) is 0.0863. The van der Waals surface area contributed by atoms with Gasteiger partial charge < -0.3 is 9.15 Å². The van der Waals surface area contributed by atoms with Gasteiger partial charge in [-0.05, 0) is 42.9 Å². The number of rotatable bonds is 5. The normalized spacial score (nSPS) is 26.7. The van der Waals surface area contributed by atoms with Crippen molar-refractivity contribution in [3.05, 3.63) is 58.4 Å². The van der Waals surface area contributed by atoms with E-state index < -0.39 is 4.92 Å². The Kier molecular flexibility index (Phi) is 4.46. The molecule has 1 saturated carbocycles. The third-order valence-corrected chi connectivity index (χ3v) is 6.32. The molecule has 2 bridgehead atoms. The Morgan fingerprint density at radius 3 is 2.39 bits per heavy atom. The Bertz CT molecular complexity index is 1120. The Morgan fingerprint density at radius 1 is 1.13 bits per heavy atom. The molecule has 4 aliphatic rings. The molecule has 158 valence electrons. The summed E-state index contributed by atoms with van der Waals surface area (Å²) in [4.78, 5) is 36.2. The third-order valence-electron chi connectivity index (χ3n) is 6.32. The zero-order valence-corrected chi connectivity index (χ0v) is 16.6. The zero-order valence-electron chi connectivity index (χ0n) is 16.6. The number of nitrogens with zero attached hydrogens (tertiary/aromatic N) is 3. The van der Waals surface area contributed by atoms with Crippen molar-refractivity contribution in [2.45, 2.75) is 12.8 Å². The number of nitro benzene ring substituents is 1. The number of carbonyl (C=O) groups excluding carboxylic acids is 2. The number of methoxy groups -OCH3 is 1. The van der Waals surface area contributed by atoms with Crippen LogP contribution in [-0.4, -0.2) is 35.1 Å². The second-order valence-corrected chi connectivity index (χ2v) is 7.92. The van der Waals surface area contributed by atoms with Gasteiger partial charge in [-0.3, -0.25) is 19.7 Å². The van der Waals surface area contributed by atoms with Gasteiger partial charge in [-0.15, -0.1) is 0 Å². The maximum Gasteiger partial charge on any atom is 0.270 e. The lowest BCUT2D eigenvalue weighted by molar-refractivity contribution is -0.384. The molecule has 9 nitrogen and oxygen atoms in total. The van der Waals surface area contributed by atoms with Crippen LogP contribution in [0.3, 0.4) is 0 Å². The van der Waals surface area contributed by atoms with Gasteiger partial charge in [0, 0.05) is 12.1 Å². The molecule has 1 aliphatic heterocycles. The topological polar surface area (TPSA) is 115 Å². The number of imide groups is 1. The number of benzene rings is 1. The minimum absolute atomic E-state index is 0.0958. The van der Waals surface area contributed by atoms with Gasteiger partial charge in [0.15, 0.2) is 0 Å². The molecular weight excluding hydrogens is 402 g/mol. The summed E-state index contributed by atoms with van der Waals surface area (Å²) in [5.41, 5.74) is 0.319. The minimum Gasteiger partial charge on any atom is -0.496 e. The van der Waals surface area contributed by atoms with Gasteiger partial charge in [-0.25, -0.2) is 0 Å². The van der Waals surface area contributed by atoms with Crippen LogP contribution < -0.4 is 4.74 Å². The number of nitro groups is 1. The summed E-state index contributed by atoms with van der Waals surface area (Å²) in [6.07, 6.45) is 7.27. The number of ether oxygens (including phenoxy) is 1. The molecule has 1 aromatic heterocycles. The zero-order chi connectivity index (χ0) is 21.7. The molecule has 2 fully saturated rings.